The molecule has 1 aliphatic heterocycles. The summed E-state index contributed by atoms with van der Waals surface area (Å²) >= 11 is 7.26. The smallest absolute Gasteiger partial charge is 0.224 e. The predicted octanol–water partition coefficient (Wildman–Crippen LogP) is 3.83. The van der Waals surface area contributed by atoms with Crippen molar-refractivity contribution in [3.63, 3.8) is 0 Å². The topological polar surface area (TPSA) is 171 Å². The molecular weight excluding hydrogens is 551 g/mol. The molecule has 1 aromatic rings. The van der Waals surface area contributed by atoms with Crippen LogP contribution in [0.3, 0.4) is 0 Å². The van der Waals surface area contributed by atoms with Gasteiger partial charge in [0.05, 0.1) is 46.2 Å². The first kappa shape index (κ1) is 26.3. The van der Waals surface area contributed by atoms with E-state index in [0.717, 1.165) is 0 Å². The van der Waals surface area contributed by atoms with Crippen LogP contribution in [0.1, 0.15) is 24.5 Å². The third-order valence-electron chi connectivity index (χ3n) is 6.61. The summed E-state index contributed by atoms with van der Waals surface area (Å²) in [6.07, 6.45) is 0.568. The van der Waals surface area contributed by atoms with Gasteiger partial charge in [-0.3, -0.25) is 9.56 Å². The lowest BCUT2D eigenvalue weighted by atomic mass is 9.84. The first-order valence-corrected chi connectivity index (χ1v) is 16.6. The maximum atomic E-state index is 13.0. The van der Waals surface area contributed by atoms with Crippen molar-refractivity contribution < 1.29 is 28.4 Å². The molecule has 184 valence electrons. The SMILES string of the molecule is Nc1nc(Cl)nc2c1N=CC2[C@H]1[C@H](O)[C@H](O)[C@@]2(C[PH](=O)OC(CCSSO)CSSO)C[C@H]12. The summed E-state index contributed by atoms with van der Waals surface area (Å²) in [6.45, 7) is 0. The number of fused-ring (bicyclic) bond motifs is 2. The fourth-order valence-corrected chi connectivity index (χ4v) is 9.24. The normalized spacial score (nSPS) is 33.7. The summed E-state index contributed by atoms with van der Waals surface area (Å²) < 4.78 is 36.6. The number of nitrogen functional groups attached to an aromatic ring is 1. The number of aromatic nitrogens is 2. The third-order valence-corrected chi connectivity index (χ3v) is 11.0. The zero-order valence-electron chi connectivity index (χ0n) is 17.1. The van der Waals surface area contributed by atoms with Crippen molar-refractivity contribution in [1.82, 2.24) is 9.97 Å². The minimum absolute atomic E-state index is 0.00184. The summed E-state index contributed by atoms with van der Waals surface area (Å²) in [4.78, 5) is 12.5. The maximum Gasteiger partial charge on any atom is 0.224 e. The van der Waals surface area contributed by atoms with E-state index in [9.17, 15) is 14.8 Å². The van der Waals surface area contributed by atoms with Crippen LogP contribution >= 0.6 is 63.4 Å². The van der Waals surface area contributed by atoms with Crippen molar-refractivity contribution in [3.8, 4) is 0 Å². The number of aliphatic hydroxyl groups is 2. The van der Waals surface area contributed by atoms with Crippen LogP contribution in [0.25, 0.3) is 0 Å². The second-order valence-electron chi connectivity index (χ2n) is 8.31. The molecular formula is C17H24ClN4O6PS4. The lowest BCUT2D eigenvalue weighted by Gasteiger charge is -2.26. The van der Waals surface area contributed by atoms with Crippen LogP contribution in [-0.4, -0.2) is 71.5 Å². The van der Waals surface area contributed by atoms with Gasteiger partial charge in [0.2, 0.25) is 5.28 Å². The van der Waals surface area contributed by atoms with E-state index in [2.05, 4.69) is 15.0 Å². The lowest BCUT2D eigenvalue weighted by Crippen LogP contribution is -2.36. The molecule has 6 N–H and O–H groups in total. The van der Waals surface area contributed by atoms with Crippen LogP contribution in [0.5, 0.6) is 0 Å². The Morgan fingerprint density at radius 1 is 1.30 bits per heavy atom. The molecule has 4 rings (SSSR count). The molecule has 2 fully saturated rings. The molecule has 2 aliphatic carbocycles. The summed E-state index contributed by atoms with van der Waals surface area (Å²) in [5, 5.41) is 21.8. The van der Waals surface area contributed by atoms with Crippen molar-refractivity contribution in [2.45, 2.75) is 37.1 Å². The van der Waals surface area contributed by atoms with Gasteiger partial charge in [0, 0.05) is 41.1 Å². The number of nitrogens with zero attached hydrogens (tertiary/aromatic N) is 3. The molecule has 33 heavy (non-hydrogen) atoms. The van der Waals surface area contributed by atoms with E-state index in [1.807, 2.05) is 0 Å². The first-order valence-electron chi connectivity index (χ1n) is 10.1. The molecule has 3 aliphatic rings. The summed E-state index contributed by atoms with van der Waals surface area (Å²) in [5.41, 5.74) is 6.19. The second-order valence-corrected chi connectivity index (χ2v) is 13.8. The molecule has 0 spiro atoms. The van der Waals surface area contributed by atoms with Crippen LogP contribution in [0.15, 0.2) is 4.99 Å². The van der Waals surface area contributed by atoms with Crippen molar-refractivity contribution in [2.75, 3.05) is 23.4 Å². The Hall–Kier alpha value is 0.270. The molecule has 8 atom stereocenters. The number of hydrogen-bond acceptors (Lipinski definition) is 14. The van der Waals surface area contributed by atoms with Crippen LogP contribution in [0.2, 0.25) is 5.28 Å². The third kappa shape index (κ3) is 5.36. The van der Waals surface area contributed by atoms with Crippen molar-refractivity contribution in [1.29, 1.82) is 0 Å². The Kier molecular flexibility index (Phi) is 8.87. The molecule has 3 unspecified atom stereocenters. The van der Waals surface area contributed by atoms with E-state index in [4.69, 9.17) is 31.0 Å². The standard InChI is InChI=1S/C17H24ClN4O6PS4/c18-16-21-11-8(4-20-12(11)15(19)22-16)10-9-3-17(9,14(24)13(10)23)6-29(25)28-7(5-31-33-27)1-2-30-32-26/h4,7-10,13-14,23-24,26-27,29H,1-3,5-6H2,(H2,19,21,22)/t7?,8?,9-,10-,13+,14+,17-/m1/s1. The van der Waals surface area contributed by atoms with Gasteiger partial charge in [0.25, 0.3) is 0 Å². The number of aliphatic hydroxyl groups excluding tert-OH is 2. The molecule has 10 nitrogen and oxygen atoms in total. The van der Waals surface area contributed by atoms with E-state index >= 15 is 0 Å². The summed E-state index contributed by atoms with van der Waals surface area (Å²) in [6, 6.07) is 0. The number of anilines is 1. The summed E-state index contributed by atoms with van der Waals surface area (Å²) in [5.74, 6) is 0.405. The minimum Gasteiger partial charge on any atom is -0.390 e. The molecule has 0 bridgehead atoms. The Bertz CT molecular complexity index is 938. The highest BCUT2D eigenvalue weighted by Gasteiger charge is 2.72. The molecule has 1 aromatic heterocycles. The molecule has 2 heterocycles. The monoisotopic (exact) mass is 574 g/mol. The van der Waals surface area contributed by atoms with Crippen LogP contribution < -0.4 is 5.73 Å². The quantitative estimate of drug-likeness (QED) is 0.0802. The van der Waals surface area contributed by atoms with Gasteiger partial charge in [-0.1, -0.05) is 21.6 Å². The molecule has 16 heteroatoms. The van der Waals surface area contributed by atoms with Gasteiger partial charge in [0.15, 0.2) is 13.8 Å². The highest BCUT2D eigenvalue weighted by Crippen LogP contribution is 2.71. The molecule has 2 saturated carbocycles. The average Bonchev–Trinajstić information content (AvgIpc) is 3.24. The van der Waals surface area contributed by atoms with Gasteiger partial charge in [-0.05, 0) is 30.4 Å². The van der Waals surface area contributed by atoms with Gasteiger partial charge in [-0.25, -0.2) is 4.98 Å². The minimum atomic E-state index is -2.53. The highest BCUT2D eigenvalue weighted by atomic mass is 35.5. The first-order chi connectivity index (χ1) is 15.8. The number of rotatable bonds is 12. The van der Waals surface area contributed by atoms with E-state index < -0.39 is 25.7 Å². The van der Waals surface area contributed by atoms with Crippen molar-refractivity contribution >= 4 is 81.1 Å². The van der Waals surface area contributed by atoms with E-state index in [-0.39, 0.29) is 41.1 Å². The van der Waals surface area contributed by atoms with Gasteiger partial charge in [-0.15, -0.1) is 0 Å². The van der Waals surface area contributed by atoms with Crippen LogP contribution in [0, 0.1) is 17.3 Å². The zero-order valence-corrected chi connectivity index (χ0v) is 22.1. The van der Waals surface area contributed by atoms with Crippen LogP contribution in [0.4, 0.5) is 11.5 Å². The maximum absolute atomic E-state index is 13.0. The zero-order chi connectivity index (χ0) is 23.8. The summed E-state index contributed by atoms with van der Waals surface area (Å²) in [7, 11) is -0.0842. The number of halogens is 1. The largest absolute Gasteiger partial charge is 0.390 e. The Labute approximate surface area is 212 Å². The number of aliphatic imine (C=N–C) groups is 1. The van der Waals surface area contributed by atoms with Gasteiger partial charge >= 0.3 is 0 Å². The lowest BCUT2D eigenvalue weighted by molar-refractivity contribution is -0.0179. The van der Waals surface area contributed by atoms with E-state index in [0.29, 0.717) is 57.9 Å². The fourth-order valence-electron chi connectivity index (χ4n) is 5.10. The van der Waals surface area contributed by atoms with E-state index in [1.54, 1.807) is 6.21 Å². The molecule has 0 saturated heterocycles. The van der Waals surface area contributed by atoms with E-state index in [1.165, 1.54) is 21.6 Å². The Morgan fingerprint density at radius 2 is 2.06 bits per heavy atom. The number of hydrogen-bond donors (Lipinski definition) is 5. The highest BCUT2D eigenvalue weighted by molar-refractivity contribution is 8.74. The molecule has 0 radical (unpaired) electrons. The Morgan fingerprint density at radius 3 is 2.79 bits per heavy atom. The van der Waals surface area contributed by atoms with Gasteiger partial charge < -0.3 is 29.6 Å². The van der Waals surface area contributed by atoms with Crippen LogP contribution in [-0.2, 0) is 9.09 Å². The van der Waals surface area contributed by atoms with Crippen molar-refractivity contribution in [3.05, 3.63) is 11.0 Å². The molecule has 0 aromatic carbocycles. The predicted molar refractivity (Wildman–Crippen MR) is 137 cm³/mol. The van der Waals surface area contributed by atoms with Gasteiger partial charge in [-0.2, -0.15) is 4.98 Å². The number of nitrogens with two attached hydrogens (primary N) is 1. The van der Waals surface area contributed by atoms with Gasteiger partial charge in [0.1, 0.15) is 5.69 Å². The molecule has 0 amide bonds. The average molecular weight is 575 g/mol. The van der Waals surface area contributed by atoms with Crippen molar-refractivity contribution in [2.24, 2.45) is 22.2 Å². The second kappa shape index (κ2) is 11.1. The Balaban J connectivity index is 1.44. The fraction of sp³-hybridized carbons (Fsp3) is 0.706.